The van der Waals surface area contributed by atoms with Gasteiger partial charge in [-0.2, -0.15) is 0 Å². The number of likely N-dealkylation sites (tertiary alicyclic amines) is 1. The van der Waals surface area contributed by atoms with Gasteiger partial charge < -0.3 is 31.5 Å². The topological polar surface area (TPSA) is 120 Å². The molecular formula is C25H34N6O3S. The smallest absolute Gasteiger partial charge is 0.270 e. The predicted octanol–water partition coefficient (Wildman–Crippen LogP) is 1.16. The molecule has 35 heavy (non-hydrogen) atoms. The number of terminal acetylenes is 1. The van der Waals surface area contributed by atoms with Crippen molar-refractivity contribution in [2.75, 3.05) is 51.1 Å². The van der Waals surface area contributed by atoms with E-state index in [4.69, 9.17) is 12.2 Å². The quantitative estimate of drug-likeness (QED) is 0.205. The normalized spacial score (nSPS) is 19.4. The number of hydrogen-bond acceptors (Lipinski definition) is 7. The molecule has 1 atom stereocenters. The van der Waals surface area contributed by atoms with E-state index >= 15 is 0 Å². The number of nitrogens with one attached hydrogen (secondary N) is 3. The Balaban J connectivity index is 1.53. The van der Waals surface area contributed by atoms with Crippen LogP contribution in [-0.2, 0) is 9.59 Å². The van der Waals surface area contributed by atoms with Gasteiger partial charge in [0, 0.05) is 30.9 Å². The van der Waals surface area contributed by atoms with Gasteiger partial charge in [0.1, 0.15) is 16.0 Å². The first-order valence-corrected chi connectivity index (χ1v) is 12.9. The minimum absolute atomic E-state index is 0.0219. The molecule has 9 nitrogen and oxygen atoms in total. The Morgan fingerprint density at radius 1 is 1.26 bits per heavy atom. The van der Waals surface area contributed by atoms with E-state index in [1.807, 2.05) is 19.1 Å². The molecule has 0 saturated carbocycles. The first-order chi connectivity index (χ1) is 16.9. The van der Waals surface area contributed by atoms with E-state index < -0.39 is 11.2 Å². The minimum atomic E-state index is -0.496. The van der Waals surface area contributed by atoms with Gasteiger partial charge in [0.2, 0.25) is 5.91 Å². The molecule has 2 aliphatic heterocycles. The first-order valence-electron chi connectivity index (χ1n) is 12.0. The molecule has 3 rings (SSSR count). The van der Waals surface area contributed by atoms with Gasteiger partial charge in [-0.15, -0.1) is 6.42 Å². The van der Waals surface area contributed by atoms with Gasteiger partial charge in [-0.3, -0.25) is 14.4 Å². The number of nitrogens with zero attached hydrogens (tertiary/aromatic N) is 2. The van der Waals surface area contributed by atoms with Crippen molar-refractivity contribution in [2.24, 2.45) is 5.73 Å². The third-order valence-corrected chi connectivity index (χ3v) is 7.25. The molecule has 188 valence electrons. The van der Waals surface area contributed by atoms with Crippen LogP contribution in [0.5, 0.6) is 0 Å². The molecule has 5 N–H and O–H groups in total. The van der Waals surface area contributed by atoms with E-state index in [1.165, 1.54) is 29.5 Å². The van der Waals surface area contributed by atoms with E-state index in [-0.39, 0.29) is 24.1 Å². The van der Waals surface area contributed by atoms with Gasteiger partial charge in [-0.1, -0.05) is 23.7 Å². The molecule has 2 fully saturated rings. The maximum Gasteiger partial charge on any atom is 0.270 e. The SMILES string of the molecule is C#CCNC(=O)/C(N)=C1\S[C@H](CNc2cccc(C(=O)NCCCN3CCCC3)c2)C(=O)N1CC. The van der Waals surface area contributed by atoms with Crippen molar-refractivity contribution in [3.05, 3.63) is 40.6 Å². The second-order valence-corrected chi connectivity index (χ2v) is 9.61. The molecule has 0 aromatic heterocycles. The Hall–Kier alpha value is -3.16. The average Bonchev–Trinajstić information content (AvgIpc) is 3.50. The Morgan fingerprint density at radius 3 is 2.74 bits per heavy atom. The third kappa shape index (κ3) is 7.16. The molecule has 10 heteroatoms. The summed E-state index contributed by atoms with van der Waals surface area (Å²) in [4.78, 5) is 41.6. The summed E-state index contributed by atoms with van der Waals surface area (Å²) in [5.41, 5.74) is 7.30. The lowest BCUT2D eigenvalue weighted by Crippen LogP contribution is -2.35. The molecule has 0 bridgehead atoms. The maximum atomic E-state index is 12.9. The highest BCUT2D eigenvalue weighted by Crippen LogP contribution is 2.36. The lowest BCUT2D eigenvalue weighted by Gasteiger charge is -2.16. The number of benzene rings is 1. The summed E-state index contributed by atoms with van der Waals surface area (Å²) in [6.07, 6.45) is 8.64. The van der Waals surface area contributed by atoms with Crippen LogP contribution in [0.15, 0.2) is 35.0 Å². The first kappa shape index (κ1) is 26.4. The van der Waals surface area contributed by atoms with Gasteiger partial charge in [-0.25, -0.2) is 0 Å². The van der Waals surface area contributed by atoms with Crippen LogP contribution >= 0.6 is 11.8 Å². The average molecular weight is 499 g/mol. The molecule has 2 saturated heterocycles. The lowest BCUT2D eigenvalue weighted by molar-refractivity contribution is -0.127. The minimum Gasteiger partial charge on any atom is -0.392 e. The van der Waals surface area contributed by atoms with E-state index in [9.17, 15) is 14.4 Å². The second-order valence-electron chi connectivity index (χ2n) is 8.41. The summed E-state index contributed by atoms with van der Waals surface area (Å²) in [7, 11) is 0. The number of anilines is 1. The monoisotopic (exact) mass is 498 g/mol. The molecule has 0 radical (unpaired) electrons. The number of amides is 3. The molecule has 0 spiro atoms. The number of rotatable bonds is 11. The van der Waals surface area contributed by atoms with E-state index in [0.29, 0.717) is 30.2 Å². The van der Waals surface area contributed by atoms with E-state index in [2.05, 4.69) is 26.8 Å². The standard InChI is InChI=1S/C25H34N6O3S/c1-3-11-27-23(33)21(26)25-31(4-2)24(34)20(35-25)17-29-19-10-7-9-18(16-19)22(32)28-12-8-15-30-13-5-6-14-30/h1,7,9-10,16,20,29H,4-6,8,11-15,17,26H2,2H3,(H,27,33)(H,28,32)/b25-21+/t20-/m1/s1. The summed E-state index contributed by atoms with van der Waals surface area (Å²) < 4.78 is 0. The largest absolute Gasteiger partial charge is 0.392 e. The van der Waals surface area contributed by atoms with Crippen molar-refractivity contribution < 1.29 is 14.4 Å². The molecular weight excluding hydrogens is 464 g/mol. The fourth-order valence-electron chi connectivity index (χ4n) is 4.08. The zero-order valence-electron chi connectivity index (χ0n) is 20.1. The summed E-state index contributed by atoms with van der Waals surface area (Å²) in [6, 6.07) is 7.20. The van der Waals surface area contributed by atoms with Crippen LogP contribution in [0.25, 0.3) is 0 Å². The van der Waals surface area contributed by atoms with Gasteiger partial charge in [0.25, 0.3) is 11.8 Å². The van der Waals surface area contributed by atoms with Crippen LogP contribution in [0.1, 0.15) is 36.5 Å². The van der Waals surface area contributed by atoms with Gasteiger partial charge in [0.05, 0.1) is 6.54 Å². The number of thioether (sulfide) groups is 1. The maximum absolute atomic E-state index is 12.9. The Morgan fingerprint density at radius 2 is 2.03 bits per heavy atom. The Kier molecular flexibility index (Phi) is 9.87. The molecule has 1 aromatic carbocycles. The van der Waals surface area contributed by atoms with Crippen LogP contribution in [0.2, 0.25) is 0 Å². The molecule has 2 heterocycles. The van der Waals surface area contributed by atoms with Crippen LogP contribution in [0.4, 0.5) is 5.69 Å². The molecule has 0 unspecified atom stereocenters. The summed E-state index contributed by atoms with van der Waals surface area (Å²) >= 11 is 1.25. The molecule has 0 aliphatic carbocycles. The third-order valence-electron chi connectivity index (χ3n) is 5.93. The number of carbonyl (C=O) groups excluding carboxylic acids is 3. The van der Waals surface area contributed by atoms with Gasteiger partial charge in [0.15, 0.2) is 0 Å². The van der Waals surface area contributed by atoms with Crippen LogP contribution in [0.3, 0.4) is 0 Å². The highest BCUT2D eigenvalue weighted by atomic mass is 32.2. The highest BCUT2D eigenvalue weighted by molar-refractivity contribution is 8.04. The lowest BCUT2D eigenvalue weighted by atomic mass is 10.2. The van der Waals surface area contributed by atoms with Crippen molar-refractivity contribution >= 4 is 35.2 Å². The van der Waals surface area contributed by atoms with Crippen molar-refractivity contribution in [2.45, 2.75) is 31.4 Å². The van der Waals surface area contributed by atoms with Gasteiger partial charge in [-0.05, 0) is 64.0 Å². The van der Waals surface area contributed by atoms with E-state index in [0.717, 1.165) is 31.7 Å². The van der Waals surface area contributed by atoms with Crippen molar-refractivity contribution in [1.82, 2.24) is 20.4 Å². The second kappa shape index (κ2) is 13.1. The molecule has 3 amide bonds. The van der Waals surface area contributed by atoms with Crippen LogP contribution < -0.4 is 21.7 Å². The summed E-state index contributed by atoms with van der Waals surface area (Å²) in [5, 5.41) is 8.73. The zero-order chi connectivity index (χ0) is 25.2. The fraction of sp³-hybridized carbons (Fsp3) is 0.480. The van der Waals surface area contributed by atoms with Crippen molar-refractivity contribution in [1.29, 1.82) is 0 Å². The Bertz CT molecular complexity index is 999. The van der Waals surface area contributed by atoms with Crippen LogP contribution in [0, 0.1) is 12.3 Å². The van der Waals surface area contributed by atoms with E-state index in [1.54, 1.807) is 12.1 Å². The Labute approximate surface area is 211 Å². The van der Waals surface area contributed by atoms with Crippen molar-refractivity contribution in [3.63, 3.8) is 0 Å². The molecule has 1 aromatic rings. The molecule has 2 aliphatic rings. The highest BCUT2D eigenvalue weighted by Gasteiger charge is 2.38. The number of hydrogen-bond donors (Lipinski definition) is 4. The predicted molar refractivity (Wildman–Crippen MR) is 139 cm³/mol. The summed E-state index contributed by atoms with van der Waals surface area (Å²) in [5.74, 6) is 1.59. The number of nitrogens with two attached hydrogens (primary N) is 1. The van der Waals surface area contributed by atoms with Crippen LogP contribution in [-0.4, -0.2) is 78.6 Å². The van der Waals surface area contributed by atoms with Gasteiger partial charge >= 0.3 is 0 Å². The van der Waals surface area contributed by atoms with Crippen molar-refractivity contribution in [3.8, 4) is 12.3 Å². The fourth-order valence-corrected chi connectivity index (χ4v) is 5.31. The zero-order valence-corrected chi connectivity index (χ0v) is 21.0. The number of carbonyl (C=O) groups is 3. The summed E-state index contributed by atoms with van der Waals surface area (Å²) in [6.45, 7) is 6.57.